The van der Waals surface area contributed by atoms with Gasteiger partial charge in [-0.2, -0.15) is 4.99 Å². The number of nitrogens with zero attached hydrogens (tertiary/aromatic N) is 2. The van der Waals surface area contributed by atoms with Crippen LogP contribution in [-0.2, 0) is 10.2 Å². The molecule has 1 aromatic heterocycles. The molecule has 1 aliphatic rings. The summed E-state index contributed by atoms with van der Waals surface area (Å²) < 4.78 is 2.20. The number of amidine groups is 1. The molecule has 2 N–H and O–H groups in total. The van der Waals surface area contributed by atoms with Gasteiger partial charge in [-0.25, -0.2) is 0 Å². The average molecular weight is 353 g/mol. The standard InChI is InChI=1S/C20H23N3OS/c1-12-10-14(11-17-18(24)22-19(21)25-17)13(2)23(12)16-8-6-15(7-9-16)20(3,4)5/h6-11H,1-5H3,(H2,21,22,24)/b17-11-. The third-order valence-corrected chi connectivity index (χ3v) is 5.20. The van der Waals surface area contributed by atoms with Gasteiger partial charge >= 0.3 is 0 Å². The predicted octanol–water partition coefficient (Wildman–Crippen LogP) is 4.32. The molecule has 5 heteroatoms. The van der Waals surface area contributed by atoms with Gasteiger partial charge in [-0.05, 0) is 66.4 Å². The Labute approximate surface area is 152 Å². The van der Waals surface area contributed by atoms with Gasteiger partial charge in [0, 0.05) is 17.1 Å². The molecule has 0 saturated carbocycles. The van der Waals surface area contributed by atoms with Crippen LogP contribution in [0.4, 0.5) is 0 Å². The fourth-order valence-electron chi connectivity index (χ4n) is 3.01. The monoisotopic (exact) mass is 353 g/mol. The van der Waals surface area contributed by atoms with E-state index in [1.165, 1.54) is 17.3 Å². The Morgan fingerprint density at radius 3 is 2.32 bits per heavy atom. The van der Waals surface area contributed by atoms with E-state index in [9.17, 15) is 4.79 Å². The average Bonchev–Trinajstić information content (AvgIpc) is 2.98. The second kappa shape index (κ2) is 6.23. The number of rotatable bonds is 2. The number of aromatic nitrogens is 1. The highest BCUT2D eigenvalue weighted by molar-refractivity contribution is 8.18. The van der Waals surface area contributed by atoms with Crippen LogP contribution in [0.2, 0.25) is 0 Å². The molecule has 2 heterocycles. The smallest absolute Gasteiger partial charge is 0.286 e. The fraction of sp³-hybridized carbons (Fsp3) is 0.300. The van der Waals surface area contributed by atoms with Crippen LogP contribution in [0.5, 0.6) is 0 Å². The summed E-state index contributed by atoms with van der Waals surface area (Å²) in [6.07, 6.45) is 1.87. The van der Waals surface area contributed by atoms with Gasteiger partial charge in [-0.3, -0.25) is 4.79 Å². The molecule has 0 fully saturated rings. The number of carbonyl (C=O) groups excluding carboxylic acids is 1. The van der Waals surface area contributed by atoms with E-state index in [0.717, 1.165) is 22.6 Å². The van der Waals surface area contributed by atoms with E-state index in [-0.39, 0.29) is 11.3 Å². The van der Waals surface area contributed by atoms with Gasteiger partial charge in [0.25, 0.3) is 5.91 Å². The lowest BCUT2D eigenvalue weighted by Gasteiger charge is -2.20. The zero-order valence-corrected chi connectivity index (χ0v) is 16.1. The van der Waals surface area contributed by atoms with E-state index in [2.05, 4.69) is 74.5 Å². The number of hydrogen-bond acceptors (Lipinski definition) is 3. The molecule has 1 aliphatic heterocycles. The first-order valence-electron chi connectivity index (χ1n) is 8.25. The maximum absolute atomic E-state index is 11.8. The number of carbonyl (C=O) groups is 1. The van der Waals surface area contributed by atoms with Gasteiger partial charge in [0.1, 0.15) is 0 Å². The lowest BCUT2D eigenvalue weighted by molar-refractivity contribution is -0.113. The van der Waals surface area contributed by atoms with E-state index >= 15 is 0 Å². The lowest BCUT2D eigenvalue weighted by atomic mass is 9.87. The summed E-state index contributed by atoms with van der Waals surface area (Å²) in [5, 5.41) is 0.308. The molecule has 25 heavy (non-hydrogen) atoms. The first kappa shape index (κ1) is 17.5. The molecule has 0 unspecified atom stereocenters. The predicted molar refractivity (Wildman–Crippen MR) is 106 cm³/mol. The number of aliphatic imine (C=N–C) groups is 1. The van der Waals surface area contributed by atoms with Crippen molar-refractivity contribution in [3.8, 4) is 5.69 Å². The minimum absolute atomic E-state index is 0.134. The topological polar surface area (TPSA) is 60.4 Å². The molecule has 1 aromatic carbocycles. The Hall–Kier alpha value is -2.27. The summed E-state index contributed by atoms with van der Waals surface area (Å²) in [6.45, 7) is 10.8. The SMILES string of the molecule is Cc1cc(/C=C2\SC(N)=NC2=O)c(C)n1-c1ccc(C(C)(C)C)cc1. The van der Waals surface area contributed by atoms with Crippen LogP contribution in [0, 0.1) is 13.8 Å². The van der Waals surface area contributed by atoms with Crippen molar-refractivity contribution >= 4 is 28.9 Å². The summed E-state index contributed by atoms with van der Waals surface area (Å²) in [6, 6.07) is 10.7. The molecule has 0 aliphatic carbocycles. The highest BCUT2D eigenvalue weighted by Gasteiger charge is 2.21. The van der Waals surface area contributed by atoms with Crippen LogP contribution in [0.3, 0.4) is 0 Å². The van der Waals surface area contributed by atoms with Gasteiger partial charge < -0.3 is 10.3 Å². The van der Waals surface area contributed by atoms with E-state index < -0.39 is 0 Å². The van der Waals surface area contributed by atoms with Crippen LogP contribution in [0.25, 0.3) is 11.8 Å². The van der Waals surface area contributed by atoms with Crippen molar-refractivity contribution in [2.75, 3.05) is 0 Å². The first-order valence-corrected chi connectivity index (χ1v) is 9.06. The van der Waals surface area contributed by atoms with Crippen LogP contribution < -0.4 is 5.73 Å². The van der Waals surface area contributed by atoms with Crippen molar-refractivity contribution in [2.45, 2.75) is 40.0 Å². The number of thioether (sulfide) groups is 1. The van der Waals surface area contributed by atoms with Crippen LogP contribution >= 0.6 is 11.8 Å². The molecule has 2 aromatic rings. The maximum Gasteiger partial charge on any atom is 0.286 e. The van der Waals surface area contributed by atoms with Crippen molar-refractivity contribution in [1.29, 1.82) is 0 Å². The Morgan fingerprint density at radius 1 is 1.16 bits per heavy atom. The highest BCUT2D eigenvalue weighted by atomic mass is 32.2. The second-order valence-electron chi connectivity index (χ2n) is 7.32. The number of amides is 1. The fourth-order valence-corrected chi connectivity index (χ4v) is 3.68. The summed E-state index contributed by atoms with van der Waals surface area (Å²) in [7, 11) is 0. The minimum atomic E-state index is -0.262. The Bertz CT molecular complexity index is 896. The molecule has 3 rings (SSSR count). The number of benzene rings is 1. The molecular weight excluding hydrogens is 330 g/mol. The van der Waals surface area contributed by atoms with Gasteiger partial charge in [0.05, 0.1) is 4.91 Å². The molecule has 1 amide bonds. The minimum Gasteiger partial charge on any atom is -0.378 e. The Kier molecular flexibility index (Phi) is 4.37. The quantitative estimate of drug-likeness (QED) is 0.818. The van der Waals surface area contributed by atoms with Gasteiger partial charge in [0.2, 0.25) is 0 Å². The maximum atomic E-state index is 11.8. The van der Waals surface area contributed by atoms with E-state index in [0.29, 0.717) is 10.1 Å². The van der Waals surface area contributed by atoms with Crippen LogP contribution in [0.1, 0.15) is 43.3 Å². The zero-order valence-electron chi connectivity index (χ0n) is 15.3. The zero-order chi connectivity index (χ0) is 18.4. The number of hydrogen-bond donors (Lipinski definition) is 1. The Morgan fingerprint density at radius 2 is 1.80 bits per heavy atom. The summed E-state index contributed by atoms with van der Waals surface area (Å²) in [5.74, 6) is -0.262. The number of nitrogens with two attached hydrogens (primary N) is 1. The normalized spacial score (nSPS) is 16.6. The molecule has 0 atom stereocenters. The van der Waals surface area contributed by atoms with E-state index in [4.69, 9.17) is 5.73 Å². The van der Waals surface area contributed by atoms with Gasteiger partial charge in [-0.1, -0.05) is 32.9 Å². The lowest BCUT2D eigenvalue weighted by Crippen LogP contribution is -2.11. The molecule has 130 valence electrons. The van der Waals surface area contributed by atoms with Crippen molar-refractivity contribution in [2.24, 2.45) is 10.7 Å². The molecule has 4 nitrogen and oxygen atoms in total. The van der Waals surface area contributed by atoms with Crippen LogP contribution in [0.15, 0.2) is 40.2 Å². The molecule has 0 saturated heterocycles. The second-order valence-corrected chi connectivity index (χ2v) is 8.39. The van der Waals surface area contributed by atoms with E-state index in [1.807, 2.05) is 6.08 Å². The molecule has 0 spiro atoms. The van der Waals surface area contributed by atoms with Gasteiger partial charge in [-0.15, -0.1) is 0 Å². The van der Waals surface area contributed by atoms with Gasteiger partial charge in [0.15, 0.2) is 5.17 Å². The van der Waals surface area contributed by atoms with Crippen molar-refractivity contribution in [3.05, 3.63) is 57.8 Å². The molecule has 0 bridgehead atoms. The first-order chi connectivity index (χ1) is 11.7. The summed E-state index contributed by atoms with van der Waals surface area (Å²) in [4.78, 5) is 16.2. The summed E-state index contributed by atoms with van der Waals surface area (Å²) >= 11 is 1.22. The third kappa shape index (κ3) is 3.42. The van der Waals surface area contributed by atoms with Crippen molar-refractivity contribution < 1.29 is 4.79 Å². The Balaban J connectivity index is 1.98. The van der Waals surface area contributed by atoms with E-state index in [1.54, 1.807) is 0 Å². The largest absolute Gasteiger partial charge is 0.378 e. The van der Waals surface area contributed by atoms with Crippen molar-refractivity contribution in [1.82, 2.24) is 4.57 Å². The van der Waals surface area contributed by atoms with Crippen molar-refractivity contribution in [3.63, 3.8) is 0 Å². The molecule has 0 radical (unpaired) electrons. The summed E-state index contributed by atoms with van der Waals surface area (Å²) in [5.41, 5.74) is 11.4. The number of aryl methyl sites for hydroxylation is 1. The third-order valence-electron chi connectivity index (χ3n) is 4.39. The van der Waals surface area contributed by atoms with Crippen LogP contribution in [-0.4, -0.2) is 15.6 Å². The highest BCUT2D eigenvalue weighted by Crippen LogP contribution is 2.30. The molecular formula is C20H23N3OS.